The van der Waals surface area contributed by atoms with Crippen molar-refractivity contribution < 1.29 is 14.3 Å². The first-order chi connectivity index (χ1) is 9.60. The minimum absolute atomic E-state index is 0.0462. The Labute approximate surface area is 125 Å². The van der Waals surface area contributed by atoms with Gasteiger partial charge >= 0.3 is 0 Å². The molecule has 6 heteroatoms. The minimum Gasteiger partial charge on any atom is -0.392 e. The average Bonchev–Trinajstić information content (AvgIpc) is 2.92. The summed E-state index contributed by atoms with van der Waals surface area (Å²) in [5.74, 6) is 0.349. The van der Waals surface area contributed by atoms with Crippen molar-refractivity contribution in [3.05, 3.63) is 0 Å². The number of nitrogens with two attached hydrogens (primary N) is 1. The van der Waals surface area contributed by atoms with Crippen molar-refractivity contribution in [3.63, 3.8) is 0 Å². The molecule has 0 radical (unpaired) electrons. The zero-order valence-electron chi connectivity index (χ0n) is 12.0. The molecule has 0 spiro atoms. The first-order valence-corrected chi connectivity index (χ1v) is 7.78. The Hall–Kier alpha value is -0.720. The monoisotopic (exact) mass is 300 g/mol. The van der Waals surface area contributed by atoms with Crippen LogP contribution in [0.4, 0.5) is 0 Å². The number of amides is 1. The third-order valence-corrected chi connectivity index (χ3v) is 4.92. The summed E-state index contributed by atoms with van der Waals surface area (Å²) in [7, 11) is 0. The maximum Gasteiger partial charge on any atom is 0.233 e. The van der Waals surface area contributed by atoms with Gasteiger partial charge in [-0.2, -0.15) is 0 Å². The van der Waals surface area contributed by atoms with E-state index in [2.05, 4.69) is 12.2 Å². The molecule has 0 aromatic rings. The van der Waals surface area contributed by atoms with Crippen molar-refractivity contribution in [1.82, 2.24) is 5.32 Å². The van der Waals surface area contributed by atoms with Crippen LogP contribution in [0.2, 0.25) is 0 Å². The molecule has 1 amide bonds. The van der Waals surface area contributed by atoms with Crippen LogP contribution in [0, 0.1) is 11.3 Å². The molecule has 2 rings (SSSR count). The maximum absolute atomic E-state index is 12.5. The highest BCUT2D eigenvalue weighted by molar-refractivity contribution is 7.80. The quantitative estimate of drug-likeness (QED) is 0.741. The van der Waals surface area contributed by atoms with Crippen LogP contribution in [-0.4, -0.2) is 43.4 Å². The van der Waals surface area contributed by atoms with Gasteiger partial charge in [-0.3, -0.25) is 4.79 Å². The Kier molecular flexibility index (Phi) is 5.35. The van der Waals surface area contributed by atoms with Gasteiger partial charge in [0, 0.05) is 32.3 Å². The lowest BCUT2D eigenvalue weighted by Gasteiger charge is -2.35. The van der Waals surface area contributed by atoms with Crippen molar-refractivity contribution >= 4 is 23.1 Å². The van der Waals surface area contributed by atoms with E-state index in [9.17, 15) is 4.79 Å². The van der Waals surface area contributed by atoms with Crippen LogP contribution >= 0.6 is 12.2 Å². The lowest BCUT2D eigenvalue weighted by atomic mass is 9.79. The summed E-state index contributed by atoms with van der Waals surface area (Å²) in [6.45, 7) is 4.61. The zero-order chi connectivity index (χ0) is 14.6. The number of rotatable bonds is 5. The van der Waals surface area contributed by atoms with Gasteiger partial charge in [-0.1, -0.05) is 19.1 Å². The highest BCUT2D eigenvalue weighted by atomic mass is 32.1. The minimum atomic E-state index is -0.727. The molecule has 0 bridgehead atoms. The third-order valence-electron chi connectivity index (χ3n) is 4.53. The molecule has 2 fully saturated rings. The highest BCUT2D eigenvalue weighted by Gasteiger charge is 2.43. The number of carbonyl (C=O) groups is 1. The summed E-state index contributed by atoms with van der Waals surface area (Å²) in [4.78, 5) is 12.8. The fraction of sp³-hybridized carbons (Fsp3) is 0.857. The van der Waals surface area contributed by atoms with E-state index < -0.39 is 5.41 Å². The van der Waals surface area contributed by atoms with Crippen LogP contribution in [0.3, 0.4) is 0 Å². The van der Waals surface area contributed by atoms with Gasteiger partial charge in [-0.05, 0) is 25.7 Å². The molecule has 2 heterocycles. The molecule has 2 unspecified atom stereocenters. The number of thiocarbonyl (C=S) groups is 1. The summed E-state index contributed by atoms with van der Waals surface area (Å²) in [5.41, 5.74) is 5.10. The predicted octanol–water partition coefficient (Wildman–Crippen LogP) is 1.00. The van der Waals surface area contributed by atoms with Gasteiger partial charge < -0.3 is 20.5 Å². The van der Waals surface area contributed by atoms with Crippen molar-refractivity contribution in [2.75, 3.05) is 26.4 Å². The lowest BCUT2D eigenvalue weighted by molar-refractivity contribution is -0.131. The van der Waals surface area contributed by atoms with Crippen molar-refractivity contribution in [2.24, 2.45) is 17.1 Å². The number of ether oxygens (including phenoxy) is 2. The largest absolute Gasteiger partial charge is 0.392 e. The van der Waals surface area contributed by atoms with Gasteiger partial charge in [0.05, 0.1) is 11.1 Å². The number of carbonyl (C=O) groups excluding carboxylic acids is 1. The molecule has 0 saturated carbocycles. The Morgan fingerprint density at radius 1 is 1.40 bits per heavy atom. The molecule has 0 aromatic heterocycles. The SMILES string of the molecule is CCC1OCCC1CNC(=O)C1(C(N)=S)CCOCC1. The van der Waals surface area contributed by atoms with E-state index in [4.69, 9.17) is 27.4 Å². The average molecular weight is 300 g/mol. The van der Waals surface area contributed by atoms with E-state index >= 15 is 0 Å². The van der Waals surface area contributed by atoms with Crippen LogP contribution in [-0.2, 0) is 14.3 Å². The molecule has 3 N–H and O–H groups in total. The van der Waals surface area contributed by atoms with Gasteiger partial charge in [0.25, 0.3) is 0 Å². The molecule has 2 atom stereocenters. The molecular formula is C14H24N2O3S. The number of hydrogen-bond donors (Lipinski definition) is 2. The Balaban J connectivity index is 1.93. The molecule has 5 nitrogen and oxygen atoms in total. The highest BCUT2D eigenvalue weighted by Crippen LogP contribution is 2.31. The Morgan fingerprint density at radius 3 is 2.70 bits per heavy atom. The summed E-state index contributed by atoms with van der Waals surface area (Å²) >= 11 is 5.14. The Morgan fingerprint density at radius 2 is 2.10 bits per heavy atom. The lowest BCUT2D eigenvalue weighted by Crippen LogP contribution is -2.52. The van der Waals surface area contributed by atoms with E-state index in [0.29, 0.717) is 38.5 Å². The van der Waals surface area contributed by atoms with Gasteiger partial charge in [0.2, 0.25) is 5.91 Å². The predicted molar refractivity (Wildman–Crippen MR) is 80.4 cm³/mol. The summed E-state index contributed by atoms with van der Waals surface area (Å²) in [6.07, 6.45) is 3.39. The van der Waals surface area contributed by atoms with Crippen LogP contribution in [0.1, 0.15) is 32.6 Å². The second-order valence-corrected chi connectivity index (χ2v) is 6.07. The topological polar surface area (TPSA) is 73.6 Å². The van der Waals surface area contributed by atoms with Gasteiger partial charge in [0.15, 0.2) is 0 Å². The summed E-state index contributed by atoms with van der Waals surface area (Å²) in [6, 6.07) is 0. The zero-order valence-corrected chi connectivity index (χ0v) is 12.8. The fourth-order valence-corrected chi connectivity index (χ4v) is 3.37. The molecule has 114 valence electrons. The summed E-state index contributed by atoms with van der Waals surface area (Å²) < 4.78 is 11.0. The second kappa shape index (κ2) is 6.83. The van der Waals surface area contributed by atoms with E-state index in [1.807, 2.05) is 0 Å². The Bertz CT molecular complexity index is 369. The summed E-state index contributed by atoms with van der Waals surface area (Å²) in [5, 5.41) is 3.04. The number of nitrogens with one attached hydrogen (secondary N) is 1. The van der Waals surface area contributed by atoms with Crippen LogP contribution < -0.4 is 11.1 Å². The third kappa shape index (κ3) is 3.13. The molecule has 2 aliphatic heterocycles. The van der Waals surface area contributed by atoms with Gasteiger partial charge in [0.1, 0.15) is 5.41 Å². The van der Waals surface area contributed by atoms with Crippen molar-refractivity contribution in [3.8, 4) is 0 Å². The smallest absolute Gasteiger partial charge is 0.233 e. The van der Waals surface area contributed by atoms with E-state index in [1.165, 1.54) is 0 Å². The molecule has 2 aliphatic rings. The van der Waals surface area contributed by atoms with E-state index in [1.54, 1.807) is 0 Å². The van der Waals surface area contributed by atoms with Crippen molar-refractivity contribution in [1.29, 1.82) is 0 Å². The first kappa shape index (κ1) is 15.7. The molecule has 0 aliphatic carbocycles. The van der Waals surface area contributed by atoms with E-state index in [0.717, 1.165) is 19.4 Å². The molecule has 20 heavy (non-hydrogen) atoms. The standard InChI is InChI=1S/C14H24N2O3S/c1-2-11-10(3-6-19-11)9-16-13(17)14(12(15)20)4-7-18-8-5-14/h10-11H,2-9H2,1H3,(H2,15,20)(H,16,17). The van der Waals surface area contributed by atoms with Crippen molar-refractivity contribution in [2.45, 2.75) is 38.7 Å². The first-order valence-electron chi connectivity index (χ1n) is 7.37. The van der Waals surface area contributed by atoms with Crippen LogP contribution in [0.5, 0.6) is 0 Å². The molecule has 2 saturated heterocycles. The van der Waals surface area contributed by atoms with Crippen LogP contribution in [0.15, 0.2) is 0 Å². The second-order valence-electron chi connectivity index (χ2n) is 5.64. The van der Waals surface area contributed by atoms with Gasteiger partial charge in [-0.25, -0.2) is 0 Å². The molecule has 0 aromatic carbocycles. The number of hydrogen-bond acceptors (Lipinski definition) is 4. The van der Waals surface area contributed by atoms with E-state index in [-0.39, 0.29) is 17.0 Å². The molecular weight excluding hydrogens is 276 g/mol. The van der Waals surface area contributed by atoms with Crippen LogP contribution in [0.25, 0.3) is 0 Å². The van der Waals surface area contributed by atoms with Gasteiger partial charge in [-0.15, -0.1) is 0 Å². The fourth-order valence-electron chi connectivity index (χ4n) is 3.08. The maximum atomic E-state index is 12.5. The normalized spacial score (nSPS) is 29.1.